The molecule has 0 radical (unpaired) electrons. The minimum absolute atomic E-state index is 0. The molecule has 3 N–H and O–H groups in total. The second kappa shape index (κ2) is 10.3. The van der Waals surface area contributed by atoms with Crippen molar-refractivity contribution in [2.24, 2.45) is 11.7 Å². The maximum absolute atomic E-state index is 12.1. The van der Waals surface area contributed by atoms with Crippen LogP contribution in [0.15, 0.2) is 24.3 Å². The van der Waals surface area contributed by atoms with Crippen LogP contribution in [0.25, 0.3) is 0 Å². The summed E-state index contributed by atoms with van der Waals surface area (Å²) in [7, 11) is 1.37. The number of rotatable bonds is 6. The Morgan fingerprint density at radius 1 is 1.33 bits per heavy atom. The minimum Gasteiger partial charge on any atom is -0.465 e. The number of piperidine rings is 1. The number of halogens is 1. The van der Waals surface area contributed by atoms with E-state index >= 15 is 0 Å². The highest BCUT2D eigenvalue weighted by molar-refractivity contribution is 5.89. The number of nitrogens with zero attached hydrogens (tertiary/aromatic N) is 1. The Kier molecular flexibility index (Phi) is 8.74. The molecule has 0 bridgehead atoms. The van der Waals surface area contributed by atoms with E-state index in [4.69, 9.17) is 10.5 Å². The zero-order valence-electron chi connectivity index (χ0n) is 14.0. The molecule has 1 saturated heterocycles. The van der Waals surface area contributed by atoms with Crippen molar-refractivity contribution in [1.82, 2.24) is 10.2 Å². The van der Waals surface area contributed by atoms with E-state index < -0.39 is 0 Å². The predicted molar refractivity (Wildman–Crippen MR) is 95.1 cm³/mol. The topological polar surface area (TPSA) is 84.7 Å². The smallest absolute Gasteiger partial charge is 0.337 e. The molecule has 0 spiro atoms. The summed E-state index contributed by atoms with van der Waals surface area (Å²) in [5.74, 6) is -0.197. The highest BCUT2D eigenvalue weighted by Crippen LogP contribution is 2.19. The van der Waals surface area contributed by atoms with Crippen LogP contribution in [0.5, 0.6) is 0 Å². The van der Waals surface area contributed by atoms with Gasteiger partial charge in [0.05, 0.1) is 18.6 Å². The molecule has 24 heavy (non-hydrogen) atoms. The standard InChI is InChI=1S/C17H25N3O3.ClH/c1-23-17(22)14-6-4-13(5-7-14)11-20-10-2-3-15(12-20)16(21)19-9-8-18;/h4-7,15H,2-3,8-12,18H2,1H3,(H,19,21);1H. The first kappa shape index (κ1) is 20.4. The molecular weight excluding hydrogens is 330 g/mol. The van der Waals surface area contributed by atoms with E-state index in [1.54, 1.807) is 12.1 Å². The van der Waals surface area contributed by atoms with Gasteiger partial charge in [0, 0.05) is 26.2 Å². The van der Waals surface area contributed by atoms with Crippen molar-refractivity contribution >= 4 is 24.3 Å². The number of nitrogens with two attached hydrogens (primary N) is 1. The van der Waals surface area contributed by atoms with E-state index in [0.717, 1.165) is 38.0 Å². The third-order valence-electron chi connectivity index (χ3n) is 4.10. The van der Waals surface area contributed by atoms with Crippen LogP contribution in [0.1, 0.15) is 28.8 Å². The van der Waals surface area contributed by atoms with Crippen LogP contribution >= 0.6 is 12.4 Å². The fourth-order valence-corrected chi connectivity index (χ4v) is 2.88. The zero-order chi connectivity index (χ0) is 16.7. The van der Waals surface area contributed by atoms with Crippen molar-refractivity contribution in [2.75, 3.05) is 33.3 Å². The van der Waals surface area contributed by atoms with Gasteiger partial charge in [-0.15, -0.1) is 12.4 Å². The van der Waals surface area contributed by atoms with Gasteiger partial charge in [0.1, 0.15) is 0 Å². The number of methoxy groups -OCH3 is 1. The van der Waals surface area contributed by atoms with Crippen molar-refractivity contribution < 1.29 is 14.3 Å². The third kappa shape index (κ3) is 5.78. The number of benzene rings is 1. The molecule has 7 heteroatoms. The monoisotopic (exact) mass is 355 g/mol. The molecule has 1 aliphatic heterocycles. The lowest BCUT2D eigenvalue weighted by molar-refractivity contribution is -0.126. The molecule has 6 nitrogen and oxygen atoms in total. The maximum atomic E-state index is 12.1. The van der Waals surface area contributed by atoms with Crippen LogP contribution in [-0.2, 0) is 16.1 Å². The van der Waals surface area contributed by atoms with Crippen LogP contribution in [-0.4, -0.2) is 50.1 Å². The molecule has 1 aromatic carbocycles. The molecule has 0 saturated carbocycles. The summed E-state index contributed by atoms with van der Waals surface area (Å²) >= 11 is 0. The number of likely N-dealkylation sites (tertiary alicyclic amines) is 1. The second-order valence-electron chi connectivity index (χ2n) is 5.84. The van der Waals surface area contributed by atoms with Gasteiger partial charge < -0.3 is 15.8 Å². The molecule has 1 unspecified atom stereocenters. The zero-order valence-corrected chi connectivity index (χ0v) is 14.8. The van der Waals surface area contributed by atoms with Crippen molar-refractivity contribution in [1.29, 1.82) is 0 Å². The lowest BCUT2D eigenvalue weighted by Crippen LogP contribution is -2.43. The Morgan fingerprint density at radius 2 is 2.04 bits per heavy atom. The fraction of sp³-hybridized carbons (Fsp3) is 0.529. The molecule has 1 aromatic rings. The summed E-state index contributed by atoms with van der Waals surface area (Å²) in [6.45, 7) is 3.52. The van der Waals surface area contributed by atoms with Crippen molar-refractivity contribution in [3.63, 3.8) is 0 Å². The van der Waals surface area contributed by atoms with Gasteiger partial charge in [0.15, 0.2) is 0 Å². The van der Waals surface area contributed by atoms with Gasteiger partial charge in [-0.2, -0.15) is 0 Å². The highest BCUT2D eigenvalue weighted by Gasteiger charge is 2.25. The predicted octanol–water partition coefficient (Wildman–Crippen LogP) is 1.18. The molecule has 2 rings (SSSR count). The summed E-state index contributed by atoms with van der Waals surface area (Å²) in [6.07, 6.45) is 1.94. The minimum atomic E-state index is -0.328. The fourth-order valence-electron chi connectivity index (χ4n) is 2.88. The number of hydrogen-bond acceptors (Lipinski definition) is 5. The number of ether oxygens (including phenoxy) is 1. The SMILES string of the molecule is COC(=O)c1ccc(CN2CCCC(C(=O)NCCN)C2)cc1.Cl. The molecule has 1 heterocycles. The normalized spacial score (nSPS) is 17.7. The first-order valence-electron chi connectivity index (χ1n) is 8.01. The quantitative estimate of drug-likeness (QED) is 0.748. The molecular formula is C17H26ClN3O3. The van der Waals surface area contributed by atoms with Gasteiger partial charge in [-0.1, -0.05) is 12.1 Å². The van der Waals surface area contributed by atoms with E-state index in [1.807, 2.05) is 12.1 Å². The molecule has 0 aromatic heterocycles. The van der Waals surface area contributed by atoms with Gasteiger partial charge in [0.25, 0.3) is 0 Å². The molecule has 1 fully saturated rings. The third-order valence-corrected chi connectivity index (χ3v) is 4.10. The summed E-state index contributed by atoms with van der Waals surface area (Å²) in [5, 5.41) is 2.87. The van der Waals surface area contributed by atoms with Crippen LogP contribution < -0.4 is 11.1 Å². The summed E-state index contributed by atoms with van der Waals surface area (Å²) in [4.78, 5) is 25.8. The molecule has 1 atom stereocenters. The highest BCUT2D eigenvalue weighted by atomic mass is 35.5. The van der Waals surface area contributed by atoms with Crippen molar-refractivity contribution in [3.05, 3.63) is 35.4 Å². The molecule has 1 amide bonds. The summed E-state index contributed by atoms with van der Waals surface area (Å²) in [6, 6.07) is 7.42. The first-order valence-corrected chi connectivity index (χ1v) is 8.01. The number of carbonyl (C=O) groups is 2. The Balaban J connectivity index is 0.00000288. The Hall–Kier alpha value is -1.63. The number of hydrogen-bond donors (Lipinski definition) is 2. The van der Waals surface area contributed by atoms with Crippen molar-refractivity contribution in [2.45, 2.75) is 19.4 Å². The number of carbonyl (C=O) groups excluding carboxylic acids is 2. The Labute approximate surface area is 149 Å². The van der Waals surface area contributed by atoms with Gasteiger partial charge in [-0.25, -0.2) is 4.79 Å². The van der Waals surface area contributed by atoms with Crippen LogP contribution in [0.4, 0.5) is 0 Å². The molecule has 1 aliphatic rings. The summed E-state index contributed by atoms with van der Waals surface area (Å²) < 4.78 is 4.70. The van der Waals surface area contributed by atoms with Crippen LogP contribution in [0, 0.1) is 5.92 Å². The average molecular weight is 356 g/mol. The molecule has 0 aliphatic carbocycles. The Bertz CT molecular complexity index is 536. The molecule has 134 valence electrons. The van der Waals surface area contributed by atoms with Gasteiger partial charge in [0.2, 0.25) is 5.91 Å². The van der Waals surface area contributed by atoms with E-state index in [0.29, 0.717) is 18.7 Å². The second-order valence-corrected chi connectivity index (χ2v) is 5.84. The maximum Gasteiger partial charge on any atom is 0.337 e. The van der Waals surface area contributed by atoms with E-state index in [1.165, 1.54) is 7.11 Å². The van der Waals surface area contributed by atoms with Gasteiger partial charge >= 0.3 is 5.97 Å². The number of amides is 1. The Morgan fingerprint density at radius 3 is 2.67 bits per heavy atom. The van der Waals surface area contributed by atoms with Crippen LogP contribution in [0.3, 0.4) is 0 Å². The largest absolute Gasteiger partial charge is 0.465 e. The summed E-state index contributed by atoms with van der Waals surface area (Å²) in [5.41, 5.74) is 7.10. The number of esters is 1. The van der Waals surface area contributed by atoms with Crippen LogP contribution in [0.2, 0.25) is 0 Å². The first-order chi connectivity index (χ1) is 11.1. The lowest BCUT2D eigenvalue weighted by atomic mass is 9.96. The lowest BCUT2D eigenvalue weighted by Gasteiger charge is -2.32. The van der Waals surface area contributed by atoms with E-state index in [2.05, 4.69) is 10.2 Å². The van der Waals surface area contributed by atoms with Crippen molar-refractivity contribution in [3.8, 4) is 0 Å². The average Bonchev–Trinajstić information content (AvgIpc) is 2.60. The van der Waals surface area contributed by atoms with E-state index in [-0.39, 0.29) is 30.2 Å². The van der Waals surface area contributed by atoms with Gasteiger partial charge in [-0.3, -0.25) is 9.69 Å². The van der Waals surface area contributed by atoms with E-state index in [9.17, 15) is 9.59 Å². The van der Waals surface area contributed by atoms with Gasteiger partial charge in [-0.05, 0) is 37.1 Å². The number of nitrogens with one attached hydrogen (secondary N) is 1.